The minimum atomic E-state index is -0.219. The maximum absolute atomic E-state index is 13.5. The number of aliphatic hydroxyl groups excluding tert-OH is 1. The molecule has 2 aromatic rings. The van der Waals surface area contributed by atoms with Gasteiger partial charge in [-0.3, -0.25) is 9.69 Å². The van der Waals surface area contributed by atoms with Gasteiger partial charge in [-0.15, -0.1) is 0 Å². The highest BCUT2D eigenvalue weighted by molar-refractivity contribution is 5.80. The van der Waals surface area contributed by atoms with Gasteiger partial charge in [0.2, 0.25) is 11.9 Å². The zero-order chi connectivity index (χ0) is 22.6. The molecule has 7 heteroatoms. The Morgan fingerprint density at radius 2 is 1.79 bits per heavy atom. The zero-order valence-electron chi connectivity index (χ0n) is 19.3. The summed E-state index contributed by atoms with van der Waals surface area (Å²) in [6.45, 7) is 4.38. The lowest BCUT2D eigenvalue weighted by Crippen LogP contribution is -2.43. The van der Waals surface area contributed by atoms with E-state index in [-0.39, 0.29) is 29.9 Å². The standard InChI is InChI=1S/C26H35N5O2/c32-21-10-8-20(9-11-21)28-25(33)23-18-30(16-19-6-2-1-3-7-19)17-22(23)24-12-13-27-26(29-24)31-14-4-5-15-31/h1-3,6-7,12-13,20-23,32H,4-5,8-11,14-18H2,(H,28,33)/t20?,21?,22-,23-/m0/s1. The van der Waals surface area contributed by atoms with Crippen molar-refractivity contribution in [2.45, 2.75) is 63.1 Å². The minimum Gasteiger partial charge on any atom is -0.393 e. The molecule has 5 rings (SSSR count). The predicted octanol–water partition coefficient (Wildman–Crippen LogP) is 2.71. The number of hydrogen-bond donors (Lipinski definition) is 2. The number of rotatable bonds is 6. The van der Waals surface area contributed by atoms with Crippen molar-refractivity contribution in [1.29, 1.82) is 0 Å². The average Bonchev–Trinajstić information content (AvgIpc) is 3.52. The Bertz CT molecular complexity index is 925. The molecule has 33 heavy (non-hydrogen) atoms. The summed E-state index contributed by atoms with van der Waals surface area (Å²) < 4.78 is 0. The van der Waals surface area contributed by atoms with E-state index in [4.69, 9.17) is 4.98 Å². The molecule has 0 spiro atoms. The second kappa shape index (κ2) is 10.2. The first-order valence-corrected chi connectivity index (χ1v) is 12.5. The predicted molar refractivity (Wildman–Crippen MR) is 128 cm³/mol. The van der Waals surface area contributed by atoms with Gasteiger partial charge < -0.3 is 15.3 Å². The van der Waals surface area contributed by atoms with E-state index in [9.17, 15) is 9.90 Å². The van der Waals surface area contributed by atoms with E-state index in [0.29, 0.717) is 0 Å². The third-order valence-corrected chi connectivity index (χ3v) is 7.46. The molecular weight excluding hydrogens is 414 g/mol. The molecule has 0 bridgehead atoms. The Balaban J connectivity index is 1.34. The summed E-state index contributed by atoms with van der Waals surface area (Å²) in [5, 5.41) is 13.1. The van der Waals surface area contributed by atoms with Crippen molar-refractivity contribution in [3.05, 3.63) is 53.9 Å². The number of amides is 1. The van der Waals surface area contributed by atoms with Crippen molar-refractivity contribution in [2.24, 2.45) is 5.92 Å². The Hall–Kier alpha value is -2.51. The van der Waals surface area contributed by atoms with E-state index in [2.05, 4.69) is 44.4 Å². The molecule has 3 fully saturated rings. The molecule has 2 saturated heterocycles. The van der Waals surface area contributed by atoms with Crippen LogP contribution in [-0.4, -0.2) is 64.2 Å². The number of carbonyl (C=O) groups is 1. The van der Waals surface area contributed by atoms with Gasteiger partial charge in [-0.1, -0.05) is 30.3 Å². The summed E-state index contributed by atoms with van der Waals surface area (Å²) in [5.41, 5.74) is 2.24. The maximum Gasteiger partial charge on any atom is 0.225 e. The van der Waals surface area contributed by atoms with Crippen molar-refractivity contribution in [2.75, 3.05) is 31.1 Å². The molecule has 3 aliphatic rings. The fourth-order valence-corrected chi connectivity index (χ4v) is 5.59. The quantitative estimate of drug-likeness (QED) is 0.706. The van der Waals surface area contributed by atoms with Crippen molar-refractivity contribution >= 4 is 11.9 Å². The molecule has 176 valence electrons. The fraction of sp³-hybridized carbons (Fsp3) is 0.577. The summed E-state index contributed by atoms with van der Waals surface area (Å²) in [4.78, 5) is 27.6. The molecule has 1 aromatic carbocycles. The molecule has 0 unspecified atom stereocenters. The molecule has 2 atom stereocenters. The second-order valence-electron chi connectivity index (χ2n) is 9.88. The highest BCUT2D eigenvalue weighted by atomic mass is 16.3. The number of aliphatic hydroxyl groups is 1. The van der Waals surface area contributed by atoms with E-state index in [1.54, 1.807) is 0 Å². The number of benzene rings is 1. The third kappa shape index (κ3) is 5.36. The highest BCUT2D eigenvalue weighted by Crippen LogP contribution is 2.34. The van der Waals surface area contributed by atoms with Crippen LogP contribution in [0.5, 0.6) is 0 Å². The summed E-state index contributed by atoms with van der Waals surface area (Å²) in [6, 6.07) is 12.6. The summed E-state index contributed by atoms with van der Waals surface area (Å²) >= 11 is 0. The second-order valence-corrected chi connectivity index (χ2v) is 9.88. The summed E-state index contributed by atoms with van der Waals surface area (Å²) in [7, 11) is 0. The topological polar surface area (TPSA) is 81.6 Å². The van der Waals surface area contributed by atoms with E-state index in [0.717, 1.165) is 70.0 Å². The SMILES string of the molecule is O=C(NC1CCC(O)CC1)[C@H]1CN(Cc2ccccc2)C[C@@H]1c1ccnc(N2CCCC2)n1. The van der Waals surface area contributed by atoms with Crippen LogP contribution in [0.1, 0.15) is 55.7 Å². The minimum absolute atomic E-state index is 0.0484. The molecule has 1 amide bonds. The fourth-order valence-electron chi connectivity index (χ4n) is 5.59. The molecule has 1 saturated carbocycles. The van der Waals surface area contributed by atoms with Crippen LogP contribution in [0.4, 0.5) is 5.95 Å². The Morgan fingerprint density at radius 1 is 1.03 bits per heavy atom. The first-order valence-electron chi connectivity index (χ1n) is 12.5. The first-order chi connectivity index (χ1) is 16.2. The van der Waals surface area contributed by atoms with Gasteiger partial charge in [0.05, 0.1) is 17.7 Å². The smallest absolute Gasteiger partial charge is 0.225 e. The number of anilines is 1. The van der Waals surface area contributed by atoms with Crippen molar-refractivity contribution < 1.29 is 9.90 Å². The zero-order valence-corrected chi connectivity index (χ0v) is 19.3. The normalized spacial score (nSPS) is 28.2. The van der Waals surface area contributed by atoms with E-state index < -0.39 is 0 Å². The summed E-state index contributed by atoms with van der Waals surface area (Å²) in [5.74, 6) is 0.833. The number of hydrogen-bond acceptors (Lipinski definition) is 6. The van der Waals surface area contributed by atoms with Gasteiger partial charge >= 0.3 is 0 Å². The van der Waals surface area contributed by atoms with Gasteiger partial charge in [-0.25, -0.2) is 9.97 Å². The van der Waals surface area contributed by atoms with E-state index in [1.807, 2.05) is 18.3 Å². The van der Waals surface area contributed by atoms with Gasteiger partial charge in [-0.2, -0.15) is 0 Å². The monoisotopic (exact) mass is 449 g/mol. The molecule has 3 heterocycles. The Morgan fingerprint density at radius 3 is 2.55 bits per heavy atom. The number of nitrogens with one attached hydrogen (secondary N) is 1. The average molecular weight is 450 g/mol. The molecule has 2 N–H and O–H groups in total. The molecule has 2 aliphatic heterocycles. The molecule has 1 aromatic heterocycles. The number of carbonyl (C=O) groups excluding carboxylic acids is 1. The molecular formula is C26H35N5O2. The van der Waals surface area contributed by atoms with E-state index >= 15 is 0 Å². The molecule has 0 radical (unpaired) electrons. The largest absolute Gasteiger partial charge is 0.393 e. The van der Waals surface area contributed by atoms with Crippen molar-refractivity contribution in [3.63, 3.8) is 0 Å². The van der Waals surface area contributed by atoms with Gasteiger partial charge in [-0.05, 0) is 50.2 Å². The van der Waals surface area contributed by atoms with Crippen LogP contribution in [0.2, 0.25) is 0 Å². The van der Waals surface area contributed by atoms with Crippen LogP contribution >= 0.6 is 0 Å². The lowest BCUT2D eigenvalue weighted by Gasteiger charge is -2.28. The maximum atomic E-state index is 13.5. The summed E-state index contributed by atoms with van der Waals surface area (Å²) in [6.07, 6.45) is 7.24. The highest BCUT2D eigenvalue weighted by Gasteiger charge is 2.40. The molecule has 7 nitrogen and oxygen atoms in total. The Kier molecular flexibility index (Phi) is 6.88. The van der Waals surface area contributed by atoms with E-state index in [1.165, 1.54) is 18.4 Å². The lowest BCUT2D eigenvalue weighted by atomic mass is 9.89. The van der Waals surface area contributed by atoms with Crippen LogP contribution in [0.3, 0.4) is 0 Å². The van der Waals surface area contributed by atoms with Crippen LogP contribution in [0, 0.1) is 5.92 Å². The Labute approximate surface area is 196 Å². The van der Waals surface area contributed by atoms with Crippen molar-refractivity contribution in [1.82, 2.24) is 20.2 Å². The lowest BCUT2D eigenvalue weighted by molar-refractivity contribution is -0.126. The van der Waals surface area contributed by atoms with Crippen LogP contribution in [-0.2, 0) is 11.3 Å². The van der Waals surface area contributed by atoms with Crippen LogP contribution < -0.4 is 10.2 Å². The van der Waals surface area contributed by atoms with Crippen LogP contribution in [0.15, 0.2) is 42.6 Å². The molecule has 1 aliphatic carbocycles. The number of nitrogens with zero attached hydrogens (tertiary/aromatic N) is 4. The van der Waals surface area contributed by atoms with Gasteiger partial charge in [0, 0.05) is 50.9 Å². The third-order valence-electron chi connectivity index (χ3n) is 7.46. The van der Waals surface area contributed by atoms with Crippen molar-refractivity contribution in [3.8, 4) is 0 Å². The van der Waals surface area contributed by atoms with Crippen LogP contribution in [0.25, 0.3) is 0 Å². The van der Waals surface area contributed by atoms with Gasteiger partial charge in [0.1, 0.15) is 0 Å². The van der Waals surface area contributed by atoms with Gasteiger partial charge in [0.25, 0.3) is 0 Å². The number of likely N-dealkylation sites (tertiary alicyclic amines) is 1. The first kappa shape index (κ1) is 22.3. The number of aromatic nitrogens is 2. The van der Waals surface area contributed by atoms with Gasteiger partial charge in [0.15, 0.2) is 0 Å².